The lowest BCUT2D eigenvalue weighted by atomic mass is 9.99. The summed E-state index contributed by atoms with van der Waals surface area (Å²) >= 11 is 0. The van der Waals surface area contributed by atoms with Crippen LogP contribution in [0.25, 0.3) is 5.82 Å². The van der Waals surface area contributed by atoms with Gasteiger partial charge in [-0.05, 0) is 38.8 Å². The molecule has 1 amide bonds. The summed E-state index contributed by atoms with van der Waals surface area (Å²) in [5.74, 6) is 1.85. The summed E-state index contributed by atoms with van der Waals surface area (Å²) < 4.78 is 3.24. The van der Waals surface area contributed by atoms with Crippen molar-refractivity contribution < 1.29 is 4.79 Å². The molecule has 10 nitrogen and oxygen atoms in total. The van der Waals surface area contributed by atoms with Crippen LogP contribution < -0.4 is 15.8 Å². The fourth-order valence-electron chi connectivity index (χ4n) is 3.97. The van der Waals surface area contributed by atoms with Crippen molar-refractivity contribution in [2.45, 2.75) is 39.2 Å². The predicted octanol–water partition coefficient (Wildman–Crippen LogP) is 0.966. The highest BCUT2D eigenvalue weighted by atomic mass is 16.2. The quantitative estimate of drug-likeness (QED) is 0.590. The van der Waals surface area contributed by atoms with Crippen LogP contribution in [0.2, 0.25) is 0 Å². The number of nitrogens with one attached hydrogen (secondary N) is 1. The molecule has 3 aromatic rings. The Kier molecular flexibility index (Phi) is 5.20. The zero-order valence-corrected chi connectivity index (χ0v) is 18.2. The summed E-state index contributed by atoms with van der Waals surface area (Å²) in [7, 11) is 0. The van der Waals surface area contributed by atoms with Gasteiger partial charge in [-0.3, -0.25) is 9.59 Å². The smallest absolute Gasteiger partial charge is 0.266 e. The van der Waals surface area contributed by atoms with Crippen molar-refractivity contribution in [1.82, 2.24) is 34.8 Å². The third-order valence-electron chi connectivity index (χ3n) is 5.95. The maximum atomic E-state index is 12.5. The average molecular weight is 435 g/mol. The lowest BCUT2D eigenvalue weighted by Gasteiger charge is -2.39. The van der Waals surface area contributed by atoms with E-state index < -0.39 is 0 Å². The number of amides is 1. The van der Waals surface area contributed by atoms with Crippen molar-refractivity contribution in [2.75, 3.05) is 24.5 Å². The molecule has 0 bridgehead atoms. The van der Waals surface area contributed by atoms with E-state index in [9.17, 15) is 9.59 Å². The van der Waals surface area contributed by atoms with Crippen molar-refractivity contribution in [3.63, 3.8) is 0 Å². The van der Waals surface area contributed by atoms with Crippen molar-refractivity contribution in [3.05, 3.63) is 58.0 Å². The zero-order chi connectivity index (χ0) is 22.2. The lowest BCUT2D eigenvalue weighted by Crippen LogP contribution is -2.54. The highest BCUT2D eigenvalue weighted by molar-refractivity contribution is 5.81. The van der Waals surface area contributed by atoms with Gasteiger partial charge in [-0.15, -0.1) is 0 Å². The van der Waals surface area contributed by atoms with Crippen LogP contribution in [-0.2, 0) is 11.3 Å². The predicted molar refractivity (Wildman–Crippen MR) is 118 cm³/mol. The van der Waals surface area contributed by atoms with E-state index in [4.69, 9.17) is 0 Å². The molecule has 0 spiro atoms. The molecule has 2 fully saturated rings. The number of nitrogens with zero attached hydrogens (tertiary/aromatic N) is 7. The van der Waals surface area contributed by atoms with Gasteiger partial charge in [0.2, 0.25) is 5.91 Å². The maximum absolute atomic E-state index is 12.5. The molecule has 1 saturated carbocycles. The summed E-state index contributed by atoms with van der Waals surface area (Å²) in [5, 5.41) is 11.8. The van der Waals surface area contributed by atoms with Crippen LogP contribution in [0.15, 0.2) is 35.4 Å². The Balaban J connectivity index is 1.14. The van der Waals surface area contributed by atoms with E-state index in [2.05, 4.69) is 25.5 Å². The first kappa shape index (κ1) is 20.3. The molecule has 0 atom stereocenters. The molecule has 2 aliphatic rings. The Labute approximate surface area is 185 Å². The highest BCUT2D eigenvalue weighted by Crippen LogP contribution is 2.38. The molecule has 3 aromatic heterocycles. The Morgan fingerprint density at radius 2 is 1.88 bits per heavy atom. The third kappa shape index (κ3) is 4.12. The second-order valence-electron chi connectivity index (χ2n) is 8.56. The standard InChI is InChI=1S/C22H26N8O2/c1-14-9-15(2)30(26-14)20-10-19(24-13-25-20)28-11-17(12-28)22(32)23-7-8-29-21(31)6-5-18(27-29)16-3-4-16/h5-6,9-10,13,16-17H,3-4,7-8,11-12H2,1-2H3,(H,23,32). The second kappa shape index (κ2) is 8.18. The molecule has 1 aliphatic carbocycles. The van der Waals surface area contributed by atoms with Crippen LogP contribution >= 0.6 is 0 Å². The van der Waals surface area contributed by atoms with Gasteiger partial charge in [-0.1, -0.05) is 0 Å². The van der Waals surface area contributed by atoms with Crippen LogP contribution in [0.3, 0.4) is 0 Å². The molecule has 10 heteroatoms. The molecule has 32 heavy (non-hydrogen) atoms. The second-order valence-corrected chi connectivity index (χ2v) is 8.56. The van der Waals surface area contributed by atoms with Crippen LogP contribution in [-0.4, -0.2) is 55.1 Å². The SMILES string of the molecule is Cc1cc(C)n(-c2cc(N3CC(C(=O)NCCn4nc(C5CC5)ccc4=O)C3)ncn2)n1. The summed E-state index contributed by atoms with van der Waals surface area (Å²) in [4.78, 5) is 35.2. The fraction of sp³-hybridized carbons (Fsp3) is 0.455. The topological polar surface area (TPSA) is 111 Å². The van der Waals surface area contributed by atoms with E-state index in [1.807, 2.05) is 36.9 Å². The van der Waals surface area contributed by atoms with E-state index >= 15 is 0 Å². The van der Waals surface area contributed by atoms with E-state index in [-0.39, 0.29) is 17.4 Å². The van der Waals surface area contributed by atoms with E-state index in [0.29, 0.717) is 37.9 Å². The molecule has 5 rings (SSSR count). The van der Waals surface area contributed by atoms with Crippen LogP contribution in [0.5, 0.6) is 0 Å². The number of hydrogen-bond acceptors (Lipinski definition) is 7. The van der Waals surface area contributed by atoms with Crippen LogP contribution in [0.4, 0.5) is 5.82 Å². The molecule has 0 aromatic carbocycles. The van der Waals surface area contributed by atoms with Crippen molar-refractivity contribution >= 4 is 11.7 Å². The van der Waals surface area contributed by atoms with Gasteiger partial charge in [-0.2, -0.15) is 10.2 Å². The van der Waals surface area contributed by atoms with Crippen molar-refractivity contribution in [2.24, 2.45) is 5.92 Å². The number of aromatic nitrogens is 6. The van der Waals surface area contributed by atoms with Crippen molar-refractivity contribution in [1.29, 1.82) is 0 Å². The largest absolute Gasteiger partial charge is 0.355 e. The summed E-state index contributed by atoms with van der Waals surface area (Å²) in [6.45, 7) is 5.87. The fourth-order valence-corrected chi connectivity index (χ4v) is 3.97. The molecule has 0 unspecified atom stereocenters. The normalized spacial score (nSPS) is 16.1. The van der Waals surface area contributed by atoms with Gasteiger partial charge < -0.3 is 10.2 Å². The Morgan fingerprint density at radius 1 is 1.09 bits per heavy atom. The molecular formula is C22H26N8O2. The number of hydrogen-bond donors (Lipinski definition) is 1. The highest BCUT2D eigenvalue weighted by Gasteiger charge is 2.33. The van der Waals surface area contributed by atoms with E-state index in [1.165, 1.54) is 11.0 Å². The van der Waals surface area contributed by atoms with Gasteiger partial charge in [-0.25, -0.2) is 19.3 Å². The minimum Gasteiger partial charge on any atom is -0.355 e. The summed E-state index contributed by atoms with van der Waals surface area (Å²) in [6, 6.07) is 7.26. The number of rotatable bonds is 7. The molecule has 1 N–H and O–H groups in total. The molecule has 1 saturated heterocycles. The van der Waals surface area contributed by atoms with Gasteiger partial charge in [0, 0.05) is 43.4 Å². The Morgan fingerprint density at radius 3 is 2.59 bits per heavy atom. The van der Waals surface area contributed by atoms with Gasteiger partial charge in [0.1, 0.15) is 12.1 Å². The number of aryl methyl sites for hydroxylation is 2. The summed E-state index contributed by atoms with van der Waals surface area (Å²) in [6.07, 6.45) is 3.79. The first-order chi connectivity index (χ1) is 15.5. The molecule has 4 heterocycles. The van der Waals surface area contributed by atoms with Gasteiger partial charge in [0.05, 0.1) is 23.9 Å². The third-order valence-corrected chi connectivity index (χ3v) is 5.95. The van der Waals surface area contributed by atoms with Crippen LogP contribution in [0.1, 0.15) is 35.8 Å². The monoisotopic (exact) mass is 434 g/mol. The Hall–Kier alpha value is -3.56. The molecule has 1 aliphatic heterocycles. The summed E-state index contributed by atoms with van der Waals surface area (Å²) in [5.41, 5.74) is 2.76. The molecule has 166 valence electrons. The molecule has 0 radical (unpaired) electrons. The number of carbonyl (C=O) groups excluding carboxylic acids is 1. The first-order valence-electron chi connectivity index (χ1n) is 10.9. The van der Waals surface area contributed by atoms with Gasteiger partial charge >= 0.3 is 0 Å². The van der Waals surface area contributed by atoms with E-state index in [1.54, 1.807) is 10.7 Å². The Bertz CT molecular complexity index is 1210. The van der Waals surface area contributed by atoms with E-state index in [0.717, 1.165) is 35.7 Å². The minimum atomic E-state index is -0.138. The average Bonchev–Trinajstić information content (AvgIpc) is 3.52. The maximum Gasteiger partial charge on any atom is 0.266 e. The van der Waals surface area contributed by atoms with Gasteiger partial charge in [0.25, 0.3) is 5.56 Å². The van der Waals surface area contributed by atoms with Gasteiger partial charge in [0.15, 0.2) is 5.82 Å². The number of anilines is 1. The molecular weight excluding hydrogens is 408 g/mol. The number of carbonyl (C=O) groups is 1. The minimum absolute atomic E-state index is 0.0135. The first-order valence-corrected chi connectivity index (χ1v) is 10.9. The van der Waals surface area contributed by atoms with Crippen LogP contribution in [0, 0.1) is 19.8 Å². The zero-order valence-electron chi connectivity index (χ0n) is 18.2. The lowest BCUT2D eigenvalue weighted by molar-refractivity contribution is -0.125. The van der Waals surface area contributed by atoms with Crippen molar-refractivity contribution in [3.8, 4) is 5.82 Å².